The lowest BCUT2D eigenvalue weighted by atomic mass is 9.94. The number of Topliss-reactive ketones (excluding diaryl/α,β-unsaturated/α-hetero) is 1. The molecular formula is C26H31NO7. The highest BCUT2D eigenvalue weighted by Gasteiger charge is 2.47. The minimum Gasteiger partial charge on any atom is -0.507 e. The number of para-hydroxylation sites is 1. The quantitative estimate of drug-likeness (QED) is 0.321. The highest BCUT2D eigenvalue weighted by atomic mass is 16.5. The Morgan fingerprint density at radius 3 is 2.32 bits per heavy atom. The van der Waals surface area contributed by atoms with Gasteiger partial charge in [0.2, 0.25) is 0 Å². The molecule has 34 heavy (non-hydrogen) atoms. The van der Waals surface area contributed by atoms with Crippen LogP contribution in [0.5, 0.6) is 17.2 Å². The van der Waals surface area contributed by atoms with Crippen molar-refractivity contribution in [1.82, 2.24) is 4.90 Å². The molecular weight excluding hydrogens is 438 g/mol. The first-order valence-corrected chi connectivity index (χ1v) is 11.1. The molecule has 0 bridgehead atoms. The van der Waals surface area contributed by atoms with Crippen molar-refractivity contribution in [3.8, 4) is 17.2 Å². The van der Waals surface area contributed by atoms with Gasteiger partial charge in [-0.1, -0.05) is 26.0 Å². The molecule has 1 aliphatic rings. The number of benzene rings is 2. The largest absolute Gasteiger partial charge is 0.507 e. The number of carbonyl (C=O) groups excluding carboxylic acids is 2. The number of ketones is 1. The van der Waals surface area contributed by atoms with E-state index in [9.17, 15) is 14.7 Å². The Labute approximate surface area is 199 Å². The fourth-order valence-corrected chi connectivity index (χ4v) is 3.88. The molecule has 1 aliphatic heterocycles. The minimum absolute atomic E-state index is 0.0245. The van der Waals surface area contributed by atoms with E-state index in [-0.39, 0.29) is 24.5 Å². The summed E-state index contributed by atoms with van der Waals surface area (Å²) in [5.74, 6) is 0.0787. The van der Waals surface area contributed by atoms with Crippen LogP contribution in [0.25, 0.3) is 5.76 Å². The van der Waals surface area contributed by atoms with E-state index in [1.54, 1.807) is 42.5 Å². The third-order valence-electron chi connectivity index (χ3n) is 5.52. The number of hydrogen-bond donors (Lipinski definition) is 1. The van der Waals surface area contributed by atoms with Gasteiger partial charge in [-0.05, 0) is 36.2 Å². The van der Waals surface area contributed by atoms with Gasteiger partial charge in [-0.25, -0.2) is 0 Å². The number of hydrogen-bond acceptors (Lipinski definition) is 7. The third-order valence-corrected chi connectivity index (χ3v) is 5.52. The molecule has 2 aromatic carbocycles. The van der Waals surface area contributed by atoms with Gasteiger partial charge in [-0.3, -0.25) is 9.59 Å². The molecule has 0 saturated carbocycles. The summed E-state index contributed by atoms with van der Waals surface area (Å²) in [7, 11) is 4.51. The zero-order chi connectivity index (χ0) is 24.8. The molecule has 2 aromatic rings. The molecule has 1 heterocycles. The van der Waals surface area contributed by atoms with E-state index in [2.05, 4.69) is 13.8 Å². The number of likely N-dealkylation sites (tertiary alicyclic amines) is 1. The fraction of sp³-hybridized carbons (Fsp3) is 0.385. The number of amides is 1. The molecule has 1 amide bonds. The Balaban J connectivity index is 2.12. The highest BCUT2D eigenvalue weighted by molar-refractivity contribution is 6.46. The second kappa shape index (κ2) is 11.1. The van der Waals surface area contributed by atoms with Gasteiger partial charge >= 0.3 is 0 Å². The summed E-state index contributed by atoms with van der Waals surface area (Å²) >= 11 is 0. The third kappa shape index (κ3) is 5.02. The number of methoxy groups -OCH3 is 3. The first kappa shape index (κ1) is 25.1. The maximum atomic E-state index is 13.1. The summed E-state index contributed by atoms with van der Waals surface area (Å²) in [6.45, 7) is 5.04. The van der Waals surface area contributed by atoms with Crippen LogP contribution in [0.1, 0.15) is 31.0 Å². The molecule has 1 fully saturated rings. The van der Waals surface area contributed by atoms with Crippen molar-refractivity contribution in [3.05, 3.63) is 59.2 Å². The van der Waals surface area contributed by atoms with E-state index < -0.39 is 17.7 Å². The van der Waals surface area contributed by atoms with Crippen molar-refractivity contribution < 1.29 is 33.6 Å². The predicted molar refractivity (Wildman–Crippen MR) is 127 cm³/mol. The Morgan fingerprint density at radius 1 is 1.03 bits per heavy atom. The van der Waals surface area contributed by atoms with Crippen LogP contribution in [-0.4, -0.2) is 62.8 Å². The molecule has 0 aromatic heterocycles. The number of rotatable bonds is 10. The summed E-state index contributed by atoms with van der Waals surface area (Å²) in [5, 5.41) is 11.2. The zero-order valence-electron chi connectivity index (χ0n) is 20.2. The Bertz CT molecular complexity index is 1060. The van der Waals surface area contributed by atoms with Crippen molar-refractivity contribution in [3.63, 3.8) is 0 Å². The van der Waals surface area contributed by atoms with E-state index in [1.807, 2.05) is 0 Å². The molecule has 8 heteroatoms. The first-order valence-electron chi connectivity index (χ1n) is 11.1. The molecule has 182 valence electrons. The van der Waals surface area contributed by atoms with E-state index in [1.165, 1.54) is 26.2 Å². The number of carbonyl (C=O) groups is 2. The molecule has 0 radical (unpaired) electrons. The molecule has 3 rings (SSSR count). The van der Waals surface area contributed by atoms with Gasteiger partial charge in [-0.2, -0.15) is 0 Å². The number of aliphatic hydroxyl groups is 1. The standard InChI is InChI=1S/C26H31NO7/c1-16(2)15-34-18-11-9-17(10-12-18)23(28)21-22(27(13-14-31-3)26(30)24(21)29)19-7-6-8-20(32-4)25(19)33-5/h6-12,16,22,28H,13-15H2,1-5H3. The lowest BCUT2D eigenvalue weighted by Gasteiger charge is -2.27. The predicted octanol–water partition coefficient (Wildman–Crippen LogP) is 3.81. The molecule has 0 spiro atoms. The Hall–Kier alpha value is -3.52. The first-order chi connectivity index (χ1) is 16.3. The second-order valence-electron chi connectivity index (χ2n) is 8.30. The van der Waals surface area contributed by atoms with Crippen molar-refractivity contribution in [2.75, 3.05) is 41.1 Å². The SMILES string of the molecule is COCCN1C(=O)C(=O)C(=C(O)c2ccc(OCC(C)C)cc2)C1c1cccc(OC)c1OC. The van der Waals surface area contributed by atoms with Crippen molar-refractivity contribution in [2.24, 2.45) is 5.92 Å². The topological polar surface area (TPSA) is 94.5 Å². The Kier molecular flexibility index (Phi) is 8.17. The molecule has 0 aliphatic carbocycles. The van der Waals surface area contributed by atoms with Crippen molar-refractivity contribution >= 4 is 17.4 Å². The van der Waals surface area contributed by atoms with Gasteiger partial charge in [-0.15, -0.1) is 0 Å². The van der Waals surface area contributed by atoms with E-state index in [0.717, 1.165) is 0 Å². The van der Waals surface area contributed by atoms with Crippen LogP contribution in [0.4, 0.5) is 0 Å². The summed E-state index contributed by atoms with van der Waals surface area (Å²) in [5.41, 5.74) is 0.896. The van der Waals surface area contributed by atoms with Crippen LogP contribution in [0.3, 0.4) is 0 Å². The lowest BCUT2D eigenvalue weighted by molar-refractivity contribution is -0.140. The number of nitrogens with zero attached hydrogens (tertiary/aromatic N) is 1. The van der Waals surface area contributed by atoms with Gasteiger partial charge < -0.3 is 29.0 Å². The molecule has 1 unspecified atom stereocenters. The van der Waals surface area contributed by atoms with Crippen LogP contribution in [0.2, 0.25) is 0 Å². The highest BCUT2D eigenvalue weighted by Crippen LogP contribution is 2.45. The van der Waals surface area contributed by atoms with Gasteiger partial charge in [0, 0.05) is 24.8 Å². The van der Waals surface area contributed by atoms with Crippen LogP contribution >= 0.6 is 0 Å². The Morgan fingerprint density at radius 2 is 1.74 bits per heavy atom. The van der Waals surface area contributed by atoms with Crippen LogP contribution in [0, 0.1) is 5.92 Å². The number of aliphatic hydroxyl groups excluding tert-OH is 1. The molecule has 8 nitrogen and oxygen atoms in total. The zero-order valence-corrected chi connectivity index (χ0v) is 20.2. The van der Waals surface area contributed by atoms with Crippen molar-refractivity contribution in [2.45, 2.75) is 19.9 Å². The molecule has 1 atom stereocenters. The van der Waals surface area contributed by atoms with E-state index in [0.29, 0.717) is 40.9 Å². The van der Waals surface area contributed by atoms with Crippen molar-refractivity contribution in [1.29, 1.82) is 0 Å². The van der Waals surface area contributed by atoms with E-state index in [4.69, 9.17) is 18.9 Å². The van der Waals surface area contributed by atoms with Crippen LogP contribution in [-0.2, 0) is 14.3 Å². The van der Waals surface area contributed by atoms with Gasteiger partial charge in [0.15, 0.2) is 11.5 Å². The van der Waals surface area contributed by atoms with Gasteiger partial charge in [0.05, 0.1) is 39.0 Å². The van der Waals surface area contributed by atoms with Crippen LogP contribution in [0.15, 0.2) is 48.0 Å². The second-order valence-corrected chi connectivity index (χ2v) is 8.30. The summed E-state index contributed by atoms with van der Waals surface area (Å²) < 4.78 is 21.8. The molecule has 1 N–H and O–H groups in total. The van der Waals surface area contributed by atoms with Gasteiger partial charge in [0.25, 0.3) is 11.7 Å². The molecule has 1 saturated heterocycles. The average Bonchev–Trinajstić information content (AvgIpc) is 3.10. The summed E-state index contributed by atoms with van der Waals surface area (Å²) in [4.78, 5) is 27.5. The van der Waals surface area contributed by atoms with E-state index >= 15 is 0 Å². The summed E-state index contributed by atoms with van der Waals surface area (Å²) in [6.07, 6.45) is 0. The number of ether oxygens (including phenoxy) is 4. The maximum Gasteiger partial charge on any atom is 0.295 e. The lowest BCUT2D eigenvalue weighted by Crippen LogP contribution is -2.32. The fourth-order valence-electron chi connectivity index (χ4n) is 3.88. The minimum atomic E-state index is -0.878. The maximum absolute atomic E-state index is 13.1. The smallest absolute Gasteiger partial charge is 0.295 e. The monoisotopic (exact) mass is 469 g/mol. The average molecular weight is 470 g/mol. The summed E-state index contributed by atoms with van der Waals surface area (Å²) in [6, 6.07) is 11.1. The van der Waals surface area contributed by atoms with Gasteiger partial charge in [0.1, 0.15) is 11.5 Å². The van der Waals surface area contributed by atoms with Crippen LogP contribution < -0.4 is 14.2 Å². The normalized spacial score (nSPS) is 17.4.